The number of amides is 1. The number of carbonyl (C=O) groups excluding carboxylic acids is 1. The lowest BCUT2D eigenvalue weighted by molar-refractivity contribution is 0.100. The van der Waals surface area contributed by atoms with Crippen molar-refractivity contribution in [2.75, 3.05) is 19.4 Å². The smallest absolute Gasteiger partial charge is 0.250 e. The van der Waals surface area contributed by atoms with Crippen LogP contribution in [0.4, 0.5) is 5.69 Å². The topological polar surface area (TPSA) is 132 Å². The van der Waals surface area contributed by atoms with Crippen LogP contribution < -0.4 is 16.2 Å². The first-order valence-electron chi connectivity index (χ1n) is 8.19. The van der Waals surface area contributed by atoms with Gasteiger partial charge in [0.15, 0.2) is 0 Å². The zero-order chi connectivity index (χ0) is 20.4. The third-order valence-electron chi connectivity index (χ3n) is 4.20. The van der Waals surface area contributed by atoms with Crippen molar-refractivity contribution in [3.63, 3.8) is 0 Å². The maximum absolute atomic E-state index is 12.1. The van der Waals surface area contributed by atoms with Gasteiger partial charge in [-0.05, 0) is 38.7 Å². The van der Waals surface area contributed by atoms with Gasteiger partial charge in [-0.2, -0.15) is 0 Å². The summed E-state index contributed by atoms with van der Waals surface area (Å²) in [5.74, 6) is -0.172. The molecule has 1 aromatic heterocycles. The van der Waals surface area contributed by atoms with Crippen molar-refractivity contribution in [2.24, 2.45) is 10.9 Å². The largest absolute Gasteiger partial charge is 0.467 e. The summed E-state index contributed by atoms with van der Waals surface area (Å²) < 4.78 is 29.3. The normalized spacial score (nSPS) is 13.0. The summed E-state index contributed by atoms with van der Waals surface area (Å²) in [6.07, 6.45) is 2.13. The van der Waals surface area contributed by atoms with Gasteiger partial charge in [0.1, 0.15) is 10.7 Å². The van der Waals surface area contributed by atoms with Crippen molar-refractivity contribution < 1.29 is 17.6 Å². The zero-order valence-corrected chi connectivity index (χ0v) is 16.9. The molecule has 0 saturated carbocycles. The van der Waals surface area contributed by atoms with Crippen molar-refractivity contribution in [1.29, 1.82) is 0 Å². The van der Waals surface area contributed by atoms with E-state index in [2.05, 4.69) is 5.32 Å². The van der Waals surface area contributed by atoms with E-state index in [4.69, 9.17) is 26.9 Å². The highest BCUT2D eigenvalue weighted by molar-refractivity contribution is 7.89. The Morgan fingerprint density at radius 3 is 2.52 bits per heavy atom. The lowest BCUT2D eigenvalue weighted by atomic mass is 9.97. The van der Waals surface area contributed by atoms with Crippen LogP contribution in [0.1, 0.15) is 41.1 Å². The van der Waals surface area contributed by atoms with Gasteiger partial charge in [-0.1, -0.05) is 18.5 Å². The average Bonchev–Trinajstić information content (AvgIpc) is 3.07. The third kappa shape index (κ3) is 4.62. The Balaban J connectivity index is 2.76. The zero-order valence-electron chi connectivity index (χ0n) is 15.3. The molecule has 1 unspecified atom stereocenters. The number of furan rings is 1. The Morgan fingerprint density at radius 1 is 1.41 bits per heavy atom. The number of benzene rings is 1. The molecule has 0 aliphatic rings. The number of primary sulfonamides is 1. The number of rotatable bonds is 8. The molecule has 0 fully saturated rings. The van der Waals surface area contributed by atoms with Crippen LogP contribution in [-0.2, 0) is 16.6 Å². The molecule has 0 aliphatic carbocycles. The lowest BCUT2D eigenvalue weighted by Crippen LogP contribution is -2.25. The standard InChI is InChI=1S/C17H23ClN4O4S/c1-4-12(22(2)3)14-15(18)13(27(20,24)25)8-11(17(19)23)16(14)21-9-10-6-5-7-26-10/h5-8,12,21H,4,9H2,1-3H3,(H2,19,23)(H2,20,24,25). The minimum Gasteiger partial charge on any atom is -0.467 e. The molecule has 1 atom stereocenters. The number of nitrogens with one attached hydrogen (secondary N) is 1. The molecular weight excluding hydrogens is 392 g/mol. The highest BCUT2D eigenvalue weighted by Gasteiger charge is 2.29. The summed E-state index contributed by atoms with van der Waals surface area (Å²) in [5.41, 5.74) is 6.31. The van der Waals surface area contributed by atoms with Gasteiger partial charge in [0, 0.05) is 11.6 Å². The van der Waals surface area contributed by atoms with E-state index >= 15 is 0 Å². The van der Waals surface area contributed by atoms with Crippen LogP contribution in [0, 0.1) is 0 Å². The van der Waals surface area contributed by atoms with Crippen LogP contribution in [0.15, 0.2) is 33.8 Å². The van der Waals surface area contributed by atoms with Gasteiger partial charge in [-0.25, -0.2) is 13.6 Å². The minimum absolute atomic E-state index is 0.00900. The Kier molecular flexibility index (Phi) is 6.53. The van der Waals surface area contributed by atoms with E-state index in [1.807, 2.05) is 25.9 Å². The Morgan fingerprint density at radius 2 is 2.07 bits per heavy atom. The second kappa shape index (κ2) is 8.30. The highest BCUT2D eigenvalue weighted by atomic mass is 35.5. The van der Waals surface area contributed by atoms with Crippen LogP contribution in [0.2, 0.25) is 5.02 Å². The second-order valence-electron chi connectivity index (χ2n) is 6.25. The van der Waals surface area contributed by atoms with Crippen LogP contribution in [0.25, 0.3) is 0 Å². The van der Waals surface area contributed by atoms with Crippen LogP contribution >= 0.6 is 11.6 Å². The van der Waals surface area contributed by atoms with E-state index in [9.17, 15) is 13.2 Å². The van der Waals surface area contributed by atoms with Crippen molar-refractivity contribution in [1.82, 2.24) is 4.90 Å². The fourth-order valence-corrected chi connectivity index (χ4v) is 4.21. The number of anilines is 1. The molecular formula is C17H23ClN4O4S. The van der Waals surface area contributed by atoms with E-state index in [-0.39, 0.29) is 28.1 Å². The second-order valence-corrected chi connectivity index (χ2v) is 8.16. The molecule has 1 heterocycles. The fourth-order valence-electron chi connectivity index (χ4n) is 2.98. The molecule has 0 spiro atoms. The number of carbonyl (C=O) groups is 1. The summed E-state index contributed by atoms with van der Waals surface area (Å²) in [4.78, 5) is 13.6. The molecule has 2 rings (SSSR count). The Bertz CT molecular complexity index is 927. The highest BCUT2D eigenvalue weighted by Crippen LogP contribution is 2.41. The Labute approximate surface area is 163 Å². The van der Waals surface area contributed by atoms with Gasteiger partial charge >= 0.3 is 0 Å². The van der Waals surface area contributed by atoms with Gasteiger partial charge < -0.3 is 20.4 Å². The summed E-state index contributed by atoms with van der Waals surface area (Å²) in [5, 5.41) is 8.38. The molecule has 0 aliphatic heterocycles. The van der Waals surface area contributed by atoms with Crippen molar-refractivity contribution in [2.45, 2.75) is 30.8 Å². The summed E-state index contributed by atoms with van der Waals surface area (Å²) in [6.45, 7) is 2.18. The summed E-state index contributed by atoms with van der Waals surface area (Å²) in [6, 6.07) is 4.33. The van der Waals surface area contributed by atoms with Gasteiger partial charge in [-0.3, -0.25) is 4.79 Å². The van der Waals surface area contributed by atoms with E-state index in [0.29, 0.717) is 23.4 Å². The van der Waals surface area contributed by atoms with E-state index in [1.165, 1.54) is 6.26 Å². The molecule has 0 bridgehead atoms. The minimum atomic E-state index is -4.16. The van der Waals surface area contributed by atoms with Crippen LogP contribution in [0.3, 0.4) is 0 Å². The predicted molar refractivity (Wildman–Crippen MR) is 104 cm³/mol. The average molecular weight is 415 g/mol. The predicted octanol–water partition coefficient (Wildman–Crippen LogP) is 2.30. The molecule has 1 amide bonds. The number of hydrogen-bond donors (Lipinski definition) is 3. The van der Waals surface area contributed by atoms with Crippen molar-refractivity contribution in [3.8, 4) is 0 Å². The first kappa shape index (κ1) is 21.2. The number of sulfonamides is 1. The van der Waals surface area contributed by atoms with E-state index in [0.717, 1.165) is 6.07 Å². The van der Waals surface area contributed by atoms with Crippen LogP contribution in [0.5, 0.6) is 0 Å². The molecule has 0 radical (unpaired) electrons. The van der Waals surface area contributed by atoms with Gasteiger partial charge in [0.05, 0.1) is 29.1 Å². The molecule has 8 nitrogen and oxygen atoms in total. The number of halogens is 1. The van der Waals surface area contributed by atoms with Gasteiger partial charge in [0.2, 0.25) is 10.0 Å². The van der Waals surface area contributed by atoms with Gasteiger partial charge in [-0.15, -0.1) is 0 Å². The number of hydrogen-bond acceptors (Lipinski definition) is 6. The van der Waals surface area contributed by atoms with Gasteiger partial charge in [0.25, 0.3) is 5.91 Å². The third-order valence-corrected chi connectivity index (χ3v) is 5.66. The van der Waals surface area contributed by atoms with E-state index < -0.39 is 15.9 Å². The lowest BCUT2D eigenvalue weighted by Gasteiger charge is -2.29. The molecule has 0 saturated heterocycles. The first-order chi connectivity index (χ1) is 12.6. The monoisotopic (exact) mass is 414 g/mol. The summed E-state index contributed by atoms with van der Waals surface area (Å²) >= 11 is 6.45. The van der Waals surface area contributed by atoms with Crippen LogP contribution in [-0.4, -0.2) is 33.3 Å². The molecule has 1 aromatic carbocycles. The maximum atomic E-state index is 12.1. The SMILES string of the molecule is CCC(c1c(Cl)c(S(N)(=O)=O)cc(C(N)=O)c1NCc1ccco1)N(C)C. The number of nitrogens with zero attached hydrogens (tertiary/aromatic N) is 1. The Hall–Kier alpha value is -2.07. The quantitative estimate of drug-likeness (QED) is 0.607. The fraction of sp³-hybridized carbons (Fsp3) is 0.353. The molecule has 2 aromatic rings. The van der Waals surface area contributed by atoms with Crippen molar-refractivity contribution >= 4 is 33.2 Å². The number of primary amides is 1. The molecule has 10 heteroatoms. The summed E-state index contributed by atoms with van der Waals surface area (Å²) in [7, 11) is -0.503. The molecule has 27 heavy (non-hydrogen) atoms. The molecule has 148 valence electrons. The maximum Gasteiger partial charge on any atom is 0.250 e. The number of nitrogens with two attached hydrogens (primary N) is 2. The van der Waals surface area contributed by atoms with E-state index in [1.54, 1.807) is 12.1 Å². The first-order valence-corrected chi connectivity index (χ1v) is 10.1. The molecule has 5 N–H and O–H groups in total. The van der Waals surface area contributed by atoms with Crippen molar-refractivity contribution in [3.05, 3.63) is 46.4 Å².